The zero-order valence-corrected chi connectivity index (χ0v) is 26.2. The van der Waals surface area contributed by atoms with E-state index in [2.05, 4.69) is 48.5 Å². The Hall–Kier alpha value is -0.450. The van der Waals surface area contributed by atoms with Gasteiger partial charge in [-0.15, -0.1) is 0 Å². The van der Waals surface area contributed by atoms with E-state index in [1.807, 2.05) is 0 Å². The van der Waals surface area contributed by atoms with E-state index in [-0.39, 0.29) is 0 Å². The van der Waals surface area contributed by atoms with Crippen LogP contribution in [0.2, 0.25) is 0 Å². The third-order valence-electron chi connectivity index (χ3n) is 15.3. The minimum atomic E-state index is -1.51. The molecule has 5 rings (SSSR count). The zero-order chi connectivity index (χ0) is 28.6. The lowest BCUT2D eigenvalue weighted by molar-refractivity contribution is -0.241. The number of carbonyl (C=O) groups is 1. The summed E-state index contributed by atoms with van der Waals surface area (Å²) in [6, 6.07) is 0. The lowest BCUT2D eigenvalue weighted by Crippen LogP contribution is -2.65. The van der Waals surface area contributed by atoms with Crippen molar-refractivity contribution in [3.8, 4) is 0 Å². The molecule has 4 nitrogen and oxygen atoms in total. The Morgan fingerprint density at radius 1 is 0.718 bits per heavy atom. The molecule has 0 saturated heterocycles. The maximum Gasteiger partial charge on any atom is 0.151 e. The number of hydrogen-bond donors (Lipinski definition) is 3. The molecule has 0 aromatic rings. The predicted octanol–water partition coefficient (Wildman–Crippen LogP) is 7.18. The average molecular weight is 545 g/mol. The molecule has 5 aliphatic carbocycles. The molecule has 0 amide bonds. The van der Waals surface area contributed by atoms with Gasteiger partial charge in [0.2, 0.25) is 0 Å². The van der Waals surface area contributed by atoms with Gasteiger partial charge < -0.3 is 20.1 Å². The molecule has 5 aliphatic rings. The molecule has 0 aromatic heterocycles. The summed E-state index contributed by atoms with van der Waals surface area (Å²) in [5, 5.41) is 30.1. The van der Waals surface area contributed by atoms with Gasteiger partial charge in [0, 0.05) is 0 Å². The molecule has 39 heavy (non-hydrogen) atoms. The molecule has 4 heteroatoms. The van der Waals surface area contributed by atoms with Crippen molar-refractivity contribution in [3.63, 3.8) is 0 Å². The summed E-state index contributed by atoms with van der Waals surface area (Å²) in [6.07, 6.45) is 12.9. The summed E-state index contributed by atoms with van der Waals surface area (Å²) in [5.74, 6) is 4.42. The van der Waals surface area contributed by atoms with Crippen molar-refractivity contribution in [3.05, 3.63) is 0 Å². The standard InChI is InChI=1S/C35H60O4/c1-22(9-10-25(37)30(39)26(38)21-36)23-13-18-32(4)24(23)14-19-34(6)28(32)11-12-29-33(5)17-8-16-31(2,3)27(33)15-20-35(29,34)7/h21-30,37-39H,8-20H2,1-7H3/t22?,23?,24?,25?,26-,27?,28?,29?,30+,32-,33-,34+,35+/m0/s1. The van der Waals surface area contributed by atoms with Crippen LogP contribution in [0, 0.1) is 62.6 Å². The van der Waals surface area contributed by atoms with E-state index >= 15 is 0 Å². The molecule has 0 aromatic carbocycles. The topological polar surface area (TPSA) is 77.8 Å². The molecule has 0 radical (unpaired) electrons. The smallest absolute Gasteiger partial charge is 0.151 e. The van der Waals surface area contributed by atoms with E-state index in [4.69, 9.17) is 0 Å². The highest BCUT2D eigenvalue weighted by Gasteiger charge is 2.70. The van der Waals surface area contributed by atoms with Gasteiger partial charge in [-0.25, -0.2) is 0 Å². The van der Waals surface area contributed by atoms with Gasteiger partial charge in [-0.3, -0.25) is 0 Å². The molecule has 7 unspecified atom stereocenters. The molecular weight excluding hydrogens is 484 g/mol. The molecule has 0 heterocycles. The summed E-state index contributed by atoms with van der Waals surface area (Å²) in [6.45, 7) is 18.3. The first-order chi connectivity index (χ1) is 18.2. The summed E-state index contributed by atoms with van der Waals surface area (Å²) in [4.78, 5) is 10.8. The van der Waals surface area contributed by atoms with E-state index in [0.29, 0.717) is 51.6 Å². The van der Waals surface area contributed by atoms with Crippen LogP contribution in [0.1, 0.15) is 132 Å². The van der Waals surface area contributed by atoms with E-state index in [9.17, 15) is 20.1 Å². The number of rotatable bonds is 7. The first-order valence-electron chi connectivity index (χ1n) is 16.7. The lowest BCUT2D eigenvalue weighted by Gasteiger charge is -2.73. The highest BCUT2D eigenvalue weighted by molar-refractivity contribution is 5.56. The Kier molecular flexibility index (Phi) is 7.76. The molecule has 224 valence electrons. The Bertz CT molecular complexity index is 916. The first kappa shape index (κ1) is 30.0. The second kappa shape index (κ2) is 10.1. The zero-order valence-electron chi connectivity index (χ0n) is 26.2. The van der Waals surface area contributed by atoms with Gasteiger partial charge >= 0.3 is 0 Å². The van der Waals surface area contributed by atoms with E-state index < -0.39 is 18.3 Å². The van der Waals surface area contributed by atoms with E-state index in [1.165, 1.54) is 70.6 Å². The van der Waals surface area contributed by atoms with Crippen LogP contribution in [-0.2, 0) is 4.79 Å². The summed E-state index contributed by atoms with van der Waals surface area (Å²) in [7, 11) is 0. The van der Waals surface area contributed by atoms with Gasteiger partial charge in [0.05, 0.1) is 6.10 Å². The number of aliphatic hydroxyl groups is 3. The third-order valence-corrected chi connectivity index (χ3v) is 15.3. The van der Waals surface area contributed by atoms with Crippen molar-refractivity contribution in [1.82, 2.24) is 0 Å². The van der Waals surface area contributed by atoms with Crippen molar-refractivity contribution < 1.29 is 20.1 Å². The van der Waals surface area contributed by atoms with Crippen LogP contribution in [0.3, 0.4) is 0 Å². The fourth-order valence-electron chi connectivity index (χ4n) is 13.1. The normalized spacial score (nSPS) is 49.9. The average Bonchev–Trinajstić information content (AvgIpc) is 3.23. The van der Waals surface area contributed by atoms with Gasteiger partial charge in [-0.2, -0.15) is 0 Å². The summed E-state index contributed by atoms with van der Waals surface area (Å²) in [5.41, 5.74) is 2.23. The lowest BCUT2D eigenvalue weighted by atomic mass is 9.32. The van der Waals surface area contributed by atoms with Crippen LogP contribution in [0.4, 0.5) is 0 Å². The number of carbonyl (C=O) groups excluding carboxylic acids is 1. The van der Waals surface area contributed by atoms with Crippen LogP contribution in [0.5, 0.6) is 0 Å². The second-order valence-electron chi connectivity index (χ2n) is 17.0. The molecule has 0 aliphatic heterocycles. The Morgan fingerprint density at radius 2 is 1.33 bits per heavy atom. The van der Waals surface area contributed by atoms with Gasteiger partial charge in [0.15, 0.2) is 6.29 Å². The summed E-state index contributed by atoms with van der Waals surface area (Å²) < 4.78 is 0. The fourth-order valence-corrected chi connectivity index (χ4v) is 13.1. The van der Waals surface area contributed by atoms with Gasteiger partial charge in [0.25, 0.3) is 0 Å². The highest BCUT2D eigenvalue weighted by atomic mass is 16.4. The van der Waals surface area contributed by atoms with Crippen molar-refractivity contribution in [2.45, 2.75) is 150 Å². The van der Waals surface area contributed by atoms with E-state index in [0.717, 1.165) is 30.1 Å². The number of aliphatic hydroxyl groups excluding tert-OH is 3. The number of hydrogen-bond acceptors (Lipinski definition) is 4. The predicted molar refractivity (Wildman–Crippen MR) is 157 cm³/mol. The van der Waals surface area contributed by atoms with Gasteiger partial charge in [-0.1, -0.05) is 54.9 Å². The van der Waals surface area contributed by atoms with Crippen molar-refractivity contribution in [2.24, 2.45) is 62.6 Å². The first-order valence-corrected chi connectivity index (χ1v) is 16.7. The van der Waals surface area contributed by atoms with E-state index in [1.54, 1.807) is 0 Å². The number of fused-ring (bicyclic) bond motifs is 7. The van der Waals surface area contributed by atoms with Crippen molar-refractivity contribution in [1.29, 1.82) is 0 Å². The van der Waals surface area contributed by atoms with Crippen LogP contribution >= 0.6 is 0 Å². The Balaban J connectivity index is 1.33. The fraction of sp³-hybridized carbons (Fsp3) is 0.971. The van der Waals surface area contributed by atoms with Crippen LogP contribution < -0.4 is 0 Å². The largest absolute Gasteiger partial charge is 0.390 e. The molecule has 3 N–H and O–H groups in total. The highest BCUT2D eigenvalue weighted by Crippen LogP contribution is 2.78. The Morgan fingerprint density at radius 3 is 1.97 bits per heavy atom. The quantitative estimate of drug-likeness (QED) is 0.297. The van der Waals surface area contributed by atoms with Gasteiger partial charge in [0.1, 0.15) is 12.2 Å². The minimum absolute atomic E-state index is 0.315. The summed E-state index contributed by atoms with van der Waals surface area (Å²) >= 11 is 0. The molecular formula is C35H60O4. The minimum Gasteiger partial charge on any atom is -0.390 e. The molecule has 5 saturated carbocycles. The molecule has 13 atom stereocenters. The maximum absolute atomic E-state index is 10.8. The SMILES string of the molecule is CC(CCC(O)[C@@H](O)[C@@H](O)C=O)C1CC[C@@]2(C)C1CC[C@]1(C)C2CCC2[C@@]3(C)CCCC(C)(C)C3CC[C@]21C. The van der Waals surface area contributed by atoms with Crippen molar-refractivity contribution in [2.75, 3.05) is 0 Å². The van der Waals surface area contributed by atoms with Crippen LogP contribution in [-0.4, -0.2) is 39.9 Å². The monoisotopic (exact) mass is 544 g/mol. The molecule has 0 spiro atoms. The Labute approximate surface area is 239 Å². The van der Waals surface area contributed by atoms with Crippen LogP contribution in [0.25, 0.3) is 0 Å². The van der Waals surface area contributed by atoms with Crippen LogP contribution in [0.15, 0.2) is 0 Å². The maximum atomic E-state index is 10.8. The van der Waals surface area contributed by atoms with Gasteiger partial charge in [-0.05, 0) is 140 Å². The molecule has 0 bridgehead atoms. The third kappa shape index (κ3) is 4.34. The second-order valence-corrected chi connectivity index (χ2v) is 17.0. The number of aldehydes is 1. The molecule has 5 fully saturated rings. The van der Waals surface area contributed by atoms with Crippen molar-refractivity contribution >= 4 is 6.29 Å².